The Morgan fingerprint density at radius 1 is 1.61 bits per heavy atom. The predicted octanol–water partition coefficient (Wildman–Crippen LogP) is 1.16. The number of nitrogens with two attached hydrogens (primary N) is 1. The smallest absolute Gasteiger partial charge is 0.246 e. The maximum Gasteiger partial charge on any atom is 0.246 e. The van der Waals surface area contributed by atoms with Gasteiger partial charge >= 0.3 is 0 Å². The summed E-state index contributed by atoms with van der Waals surface area (Å²) in [5.74, 6) is 5.86. The zero-order valence-corrected chi connectivity index (χ0v) is 12.3. The van der Waals surface area contributed by atoms with Gasteiger partial charge in [-0.05, 0) is 34.3 Å². The number of nitrogens with zero attached hydrogens (tertiary/aromatic N) is 2. The Balaban J connectivity index is 2.43. The number of nitrogens with one attached hydrogen (secondary N) is 1. The summed E-state index contributed by atoms with van der Waals surface area (Å²) in [6.45, 7) is 3.12. The predicted molar refractivity (Wildman–Crippen MR) is 72.3 cm³/mol. The van der Waals surface area contributed by atoms with Gasteiger partial charge in [-0.15, -0.1) is 0 Å². The lowest BCUT2D eigenvalue weighted by Crippen LogP contribution is -2.30. The third kappa shape index (κ3) is 2.51. The molecule has 100 valence electrons. The van der Waals surface area contributed by atoms with Crippen molar-refractivity contribution in [1.29, 1.82) is 0 Å². The van der Waals surface area contributed by atoms with Crippen molar-refractivity contribution in [1.82, 2.24) is 9.29 Å². The van der Waals surface area contributed by atoms with Gasteiger partial charge in [0.2, 0.25) is 10.0 Å². The van der Waals surface area contributed by atoms with Crippen LogP contribution in [-0.2, 0) is 10.0 Å². The van der Waals surface area contributed by atoms with E-state index in [1.165, 1.54) is 16.6 Å². The third-order valence-electron chi connectivity index (χ3n) is 2.96. The molecule has 0 aromatic carbocycles. The monoisotopic (exact) mass is 334 g/mol. The fourth-order valence-electron chi connectivity index (χ4n) is 1.98. The second-order valence-electron chi connectivity index (χ2n) is 4.40. The SMILES string of the molecule is CC1CCN(S(=O)(=O)c2cc(Br)cnc2NN)C1. The van der Waals surface area contributed by atoms with Crippen LogP contribution in [0.15, 0.2) is 21.6 Å². The number of sulfonamides is 1. The summed E-state index contributed by atoms with van der Waals surface area (Å²) in [4.78, 5) is 4.07. The van der Waals surface area contributed by atoms with E-state index in [1.807, 2.05) is 6.92 Å². The van der Waals surface area contributed by atoms with Crippen molar-refractivity contribution in [3.63, 3.8) is 0 Å². The van der Waals surface area contributed by atoms with Crippen molar-refractivity contribution in [2.75, 3.05) is 18.5 Å². The summed E-state index contributed by atoms with van der Waals surface area (Å²) in [5.41, 5.74) is 2.33. The van der Waals surface area contributed by atoms with Crippen LogP contribution < -0.4 is 11.3 Å². The van der Waals surface area contributed by atoms with Crippen LogP contribution in [0.3, 0.4) is 0 Å². The standard InChI is InChI=1S/C10H15BrN4O2S/c1-7-2-3-15(6-7)18(16,17)9-4-8(11)5-13-10(9)14-12/h4-5,7H,2-3,6,12H2,1H3,(H,13,14). The minimum Gasteiger partial charge on any atom is -0.307 e. The van der Waals surface area contributed by atoms with Gasteiger partial charge in [-0.1, -0.05) is 6.92 Å². The Bertz CT molecular complexity index is 549. The van der Waals surface area contributed by atoms with Gasteiger partial charge in [-0.2, -0.15) is 4.31 Å². The molecule has 2 heterocycles. The summed E-state index contributed by atoms with van der Waals surface area (Å²) in [6, 6.07) is 1.51. The number of halogens is 1. The highest BCUT2D eigenvalue weighted by Crippen LogP contribution is 2.29. The number of hydrogen-bond donors (Lipinski definition) is 2. The average Bonchev–Trinajstić information content (AvgIpc) is 2.76. The zero-order valence-electron chi connectivity index (χ0n) is 9.93. The van der Waals surface area contributed by atoms with Gasteiger partial charge in [-0.25, -0.2) is 19.2 Å². The largest absolute Gasteiger partial charge is 0.307 e. The summed E-state index contributed by atoms with van der Waals surface area (Å²) in [5, 5.41) is 0. The molecule has 1 atom stereocenters. The van der Waals surface area contributed by atoms with E-state index in [9.17, 15) is 8.42 Å². The Hall–Kier alpha value is -0.700. The van der Waals surface area contributed by atoms with Crippen LogP contribution in [0.1, 0.15) is 13.3 Å². The highest BCUT2D eigenvalue weighted by atomic mass is 79.9. The molecule has 8 heteroatoms. The summed E-state index contributed by atoms with van der Waals surface area (Å²) in [7, 11) is -3.54. The van der Waals surface area contributed by atoms with Crippen molar-refractivity contribution in [3.8, 4) is 0 Å². The normalized spacial score (nSPS) is 21.2. The summed E-state index contributed by atoms with van der Waals surface area (Å²) >= 11 is 3.22. The fraction of sp³-hybridized carbons (Fsp3) is 0.500. The van der Waals surface area contributed by atoms with E-state index >= 15 is 0 Å². The Morgan fingerprint density at radius 2 is 2.33 bits per heavy atom. The highest BCUT2D eigenvalue weighted by Gasteiger charge is 2.32. The van der Waals surface area contributed by atoms with Crippen LogP contribution in [0, 0.1) is 5.92 Å². The van der Waals surface area contributed by atoms with Crippen LogP contribution >= 0.6 is 15.9 Å². The lowest BCUT2D eigenvalue weighted by Gasteiger charge is -2.17. The van der Waals surface area contributed by atoms with Crippen LogP contribution in [0.5, 0.6) is 0 Å². The van der Waals surface area contributed by atoms with Crippen molar-refractivity contribution in [2.24, 2.45) is 11.8 Å². The van der Waals surface area contributed by atoms with Gasteiger partial charge in [0.25, 0.3) is 0 Å². The molecule has 2 rings (SSSR count). The molecule has 18 heavy (non-hydrogen) atoms. The lowest BCUT2D eigenvalue weighted by atomic mass is 10.2. The number of rotatable bonds is 3. The number of pyridine rings is 1. The molecular weight excluding hydrogens is 320 g/mol. The van der Waals surface area contributed by atoms with Gasteiger partial charge in [0, 0.05) is 23.8 Å². The van der Waals surface area contributed by atoms with Crippen LogP contribution in [-0.4, -0.2) is 30.8 Å². The molecule has 1 unspecified atom stereocenters. The molecule has 1 aromatic rings. The second-order valence-corrected chi connectivity index (χ2v) is 7.22. The molecule has 1 aromatic heterocycles. The molecule has 0 bridgehead atoms. The number of aromatic nitrogens is 1. The van der Waals surface area contributed by atoms with Crippen molar-refractivity contribution >= 4 is 31.8 Å². The number of anilines is 1. The van der Waals surface area contributed by atoms with Crippen molar-refractivity contribution < 1.29 is 8.42 Å². The van der Waals surface area contributed by atoms with Gasteiger partial charge in [0.15, 0.2) is 5.82 Å². The molecular formula is C10H15BrN4O2S. The van der Waals surface area contributed by atoms with E-state index < -0.39 is 10.0 Å². The minimum absolute atomic E-state index is 0.105. The Kier molecular flexibility index (Phi) is 3.90. The van der Waals surface area contributed by atoms with E-state index in [1.54, 1.807) is 0 Å². The summed E-state index contributed by atoms with van der Waals surface area (Å²) < 4.78 is 27.0. The minimum atomic E-state index is -3.54. The number of nitrogen functional groups attached to an aromatic ring is 1. The zero-order chi connectivity index (χ0) is 13.3. The molecule has 3 N–H and O–H groups in total. The molecule has 0 saturated carbocycles. The lowest BCUT2D eigenvalue weighted by molar-refractivity contribution is 0.464. The van der Waals surface area contributed by atoms with Crippen molar-refractivity contribution in [2.45, 2.75) is 18.2 Å². The highest BCUT2D eigenvalue weighted by molar-refractivity contribution is 9.10. The molecule has 1 aliphatic heterocycles. The number of hydrogen-bond acceptors (Lipinski definition) is 5. The Labute approximate surface area is 115 Å². The molecule has 1 saturated heterocycles. The van der Waals surface area contributed by atoms with E-state index in [0.29, 0.717) is 23.5 Å². The van der Waals surface area contributed by atoms with Crippen LogP contribution in [0.2, 0.25) is 0 Å². The molecule has 0 radical (unpaired) electrons. The first-order chi connectivity index (χ1) is 8.45. The number of hydrazine groups is 1. The molecule has 0 aliphatic carbocycles. The first-order valence-corrected chi connectivity index (χ1v) is 7.80. The van der Waals surface area contributed by atoms with E-state index in [-0.39, 0.29) is 10.7 Å². The molecule has 6 nitrogen and oxygen atoms in total. The molecule has 0 spiro atoms. The van der Waals surface area contributed by atoms with Gasteiger partial charge in [0.1, 0.15) is 4.90 Å². The van der Waals surface area contributed by atoms with Gasteiger partial charge in [-0.3, -0.25) is 0 Å². The fourth-order valence-corrected chi connectivity index (χ4v) is 4.17. The van der Waals surface area contributed by atoms with E-state index in [4.69, 9.17) is 5.84 Å². The first-order valence-electron chi connectivity index (χ1n) is 5.57. The molecule has 0 amide bonds. The van der Waals surface area contributed by atoms with E-state index in [2.05, 4.69) is 26.3 Å². The maximum atomic E-state index is 12.5. The third-order valence-corrected chi connectivity index (χ3v) is 5.27. The average molecular weight is 335 g/mol. The van der Waals surface area contributed by atoms with Gasteiger partial charge in [0.05, 0.1) is 0 Å². The van der Waals surface area contributed by atoms with E-state index in [0.717, 1.165) is 6.42 Å². The first kappa shape index (κ1) is 13.7. The second kappa shape index (κ2) is 5.12. The quantitative estimate of drug-likeness (QED) is 0.639. The van der Waals surface area contributed by atoms with Crippen molar-refractivity contribution in [3.05, 3.63) is 16.7 Å². The molecule has 1 fully saturated rings. The summed E-state index contributed by atoms with van der Waals surface area (Å²) in [6.07, 6.45) is 2.38. The maximum absolute atomic E-state index is 12.5. The van der Waals surface area contributed by atoms with Crippen LogP contribution in [0.25, 0.3) is 0 Å². The molecule has 1 aliphatic rings. The Morgan fingerprint density at radius 3 is 2.89 bits per heavy atom. The van der Waals surface area contributed by atoms with Crippen LogP contribution in [0.4, 0.5) is 5.82 Å². The topological polar surface area (TPSA) is 88.3 Å². The van der Waals surface area contributed by atoms with Gasteiger partial charge < -0.3 is 5.43 Å².